The number of thioether (sulfide) groups is 1. The third-order valence-corrected chi connectivity index (χ3v) is 3.76. The summed E-state index contributed by atoms with van der Waals surface area (Å²) in [6, 6.07) is 13.0. The second-order valence-corrected chi connectivity index (χ2v) is 6.15. The number of anilines is 1. The van der Waals surface area contributed by atoms with Crippen molar-refractivity contribution in [3.63, 3.8) is 0 Å². The van der Waals surface area contributed by atoms with Crippen molar-refractivity contribution in [1.82, 2.24) is 0 Å². The van der Waals surface area contributed by atoms with E-state index >= 15 is 0 Å². The third kappa shape index (κ3) is 5.04. The first-order valence-electron chi connectivity index (χ1n) is 7.20. The fraction of sp³-hybridized carbons (Fsp3) is 0.222. The van der Waals surface area contributed by atoms with Gasteiger partial charge in [0.05, 0.1) is 0 Å². The van der Waals surface area contributed by atoms with E-state index in [2.05, 4.69) is 11.4 Å². The molecule has 0 bridgehead atoms. The second-order valence-electron chi connectivity index (χ2n) is 5.29. The molecule has 0 saturated carbocycles. The molecule has 0 saturated heterocycles. The van der Waals surface area contributed by atoms with Crippen molar-refractivity contribution < 1.29 is 9.53 Å². The van der Waals surface area contributed by atoms with Crippen LogP contribution in [0.2, 0.25) is 0 Å². The molecular formula is C18H18N2O2S. The van der Waals surface area contributed by atoms with Crippen molar-refractivity contribution in [2.45, 2.75) is 31.8 Å². The Kier molecular flexibility index (Phi) is 5.67. The van der Waals surface area contributed by atoms with E-state index in [-0.39, 0.29) is 5.91 Å². The van der Waals surface area contributed by atoms with Crippen LogP contribution >= 0.6 is 11.8 Å². The number of benzene rings is 2. The van der Waals surface area contributed by atoms with E-state index in [4.69, 9.17) is 10.00 Å². The molecule has 5 heteroatoms. The molecule has 118 valence electrons. The van der Waals surface area contributed by atoms with Crippen molar-refractivity contribution in [2.75, 3.05) is 5.32 Å². The number of rotatable bonds is 5. The highest BCUT2D eigenvalue weighted by Gasteiger charge is 2.15. The summed E-state index contributed by atoms with van der Waals surface area (Å²) in [4.78, 5) is 13.0. The maximum absolute atomic E-state index is 12.2. The number of ether oxygens (including phenoxy) is 1. The molecule has 0 aromatic heterocycles. The number of carbonyl (C=O) groups excluding carboxylic acids is 1. The van der Waals surface area contributed by atoms with Crippen molar-refractivity contribution in [3.8, 4) is 11.2 Å². The Morgan fingerprint density at radius 2 is 1.78 bits per heavy atom. The fourth-order valence-electron chi connectivity index (χ4n) is 2.16. The Balaban J connectivity index is 1.98. The first-order valence-corrected chi connectivity index (χ1v) is 8.01. The zero-order valence-corrected chi connectivity index (χ0v) is 14.1. The zero-order chi connectivity index (χ0) is 16.8. The molecule has 1 atom stereocenters. The molecule has 2 rings (SSSR count). The monoisotopic (exact) mass is 326 g/mol. The molecule has 0 aliphatic heterocycles. The number of aryl methyl sites for hydroxylation is 2. The van der Waals surface area contributed by atoms with Crippen molar-refractivity contribution in [2.24, 2.45) is 0 Å². The van der Waals surface area contributed by atoms with E-state index in [0.717, 1.165) is 27.8 Å². The summed E-state index contributed by atoms with van der Waals surface area (Å²) in [6.45, 7) is 5.70. The van der Waals surface area contributed by atoms with Crippen LogP contribution in [0.5, 0.6) is 5.75 Å². The van der Waals surface area contributed by atoms with Crippen LogP contribution in [0.25, 0.3) is 0 Å². The molecule has 0 radical (unpaired) electrons. The van der Waals surface area contributed by atoms with Crippen LogP contribution in [0.4, 0.5) is 5.69 Å². The SMILES string of the molecule is Cc1cc(C)cc(OC(C)C(=O)Nc2ccc(SC#N)cc2)c1. The first-order chi connectivity index (χ1) is 11.0. The molecule has 2 aromatic rings. The number of nitrogens with zero attached hydrogens (tertiary/aromatic N) is 1. The van der Waals surface area contributed by atoms with Gasteiger partial charge in [0.25, 0.3) is 5.91 Å². The Labute approximate surface area is 140 Å². The lowest BCUT2D eigenvalue weighted by atomic mass is 10.1. The van der Waals surface area contributed by atoms with Gasteiger partial charge < -0.3 is 10.1 Å². The van der Waals surface area contributed by atoms with Gasteiger partial charge >= 0.3 is 0 Å². The Morgan fingerprint density at radius 1 is 1.17 bits per heavy atom. The summed E-state index contributed by atoms with van der Waals surface area (Å²) >= 11 is 1.08. The minimum Gasteiger partial charge on any atom is -0.481 e. The lowest BCUT2D eigenvalue weighted by Gasteiger charge is -2.15. The van der Waals surface area contributed by atoms with Gasteiger partial charge in [0, 0.05) is 10.6 Å². The molecule has 0 fully saturated rings. The smallest absolute Gasteiger partial charge is 0.265 e. The van der Waals surface area contributed by atoms with Gasteiger partial charge in [-0.1, -0.05) is 6.07 Å². The summed E-state index contributed by atoms with van der Waals surface area (Å²) < 4.78 is 5.71. The molecule has 1 amide bonds. The van der Waals surface area contributed by atoms with Crippen LogP contribution in [0.1, 0.15) is 18.1 Å². The van der Waals surface area contributed by atoms with Gasteiger partial charge in [-0.2, -0.15) is 5.26 Å². The summed E-state index contributed by atoms with van der Waals surface area (Å²) in [5.41, 5.74) is 2.87. The molecule has 0 spiro atoms. The van der Waals surface area contributed by atoms with Crippen LogP contribution in [-0.2, 0) is 4.79 Å². The lowest BCUT2D eigenvalue weighted by Crippen LogP contribution is -2.30. The molecule has 1 N–H and O–H groups in total. The highest BCUT2D eigenvalue weighted by Crippen LogP contribution is 2.20. The van der Waals surface area contributed by atoms with Crippen molar-refractivity contribution in [1.29, 1.82) is 5.26 Å². The maximum atomic E-state index is 12.2. The number of thiocyanates is 1. The highest BCUT2D eigenvalue weighted by atomic mass is 32.2. The summed E-state index contributed by atoms with van der Waals surface area (Å²) in [7, 11) is 0. The number of hydrogen-bond acceptors (Lipinski definition) is 4. The van der Waals surface area contributed by atoms with Gasteiger partial charge in [-0.25, -0.2) is 0 Å². The number of nitriles is 1. The van der Waals surface area contributed by atoms with E-state index in [1.54, 1.807) is 31.2 Å². The second kappa shape index (κ2) is 7.70. The van der Waals surface area contributed by atoms with E-state index in [1.165, 1.54) is 0 Å². The normalized spacial score (nSPS) is 11.4. The number of hydrogen-bond donors (Lipinski definition) is 1. The quantitative estimate of drug-likeness (QED) is 0.658. The molecule has 0 aliphatic rings. The van der Waals surface area contributed by atoms with Gasteiger partial charge in [0.2, 0.25) is 0 Å². The average Bonchev–Trinajstić information content (AvgIpc) is 2.48. The molecule has 4 nitrogen and oxygen atoms in total. The van der Waals surface area contributed by atoms with Crippen molar-refractivity contribution >= 4 is 23.4 Å². The van der Waals surface area contributed by atoms with Gasteiger partial charge in [-0.3, -0.25) is 4.79 Å². The van der Waals surface area contributed by atoms with Gasteiger partial charge in [-0.15, -0.1) is 0 Å². The number of carbonyl (C=O) groups is 1. The minimum atomic E-state index is -0.607. The Bertz CT molecular complexity index is 715. The molecular weight excluding hydrogens is 308 g/mol. The minimum absolute atomic E-state index is 0.218. The summed E-state index contributed by atoms with van der Waals surface area (Å²) in [5.74, 6) is 0.468. The lowest BCUT2D eigenvalue weighted by molar-refractivity contribution is -0.122. The summed E-state index contributed by atoms with van der Waals surface area (Å²) in [6.07, 6.45) is -0.607. The molecule has 23 heavy (non-hydrogen) atoms. The zero-order valence-electron chi connectivity index (χ0n) is 13.3. The Hall–Kier alpha value is -2.45. The third-order valence-electron chi connectivity index (χ3n) is 3.16. The molecule has 1 unspecified atom stereocenters. The van der Waals surface area contributed by atoms with E-state index in [0.29, 0.717) is 11.4 Å². The van der Waals surface area contributed by atoms with Crippen LogP contribution in [-0.4, -0.2) is 12.0 Å². The first kappa shape index (κ1) is 16.9. The van der Waals surface area contributed by atoms with Crippen LogP contribution < -0.4 is 10.1 Å². The van der Waals surface area contributed by atoms with Crippen molar-refractivity contribution in [3.05, 3.63) is 53.6 Å². The van der Waals surface area contributed by atoms with E-state index in [9.17, 15) is 4.79 Å². The standard InChI is InChI=1S/C18H18N2O2S/c1-12-8-13(2)10-16(9-12)22-14(3)18(21)20-15-4-6-17(7-5-15)23-11-19/h4-10,14H,1-3H3,(H,20,21). The molecule has 0 heterocycles. The van der Waals surface area contributed by atoms with Crippen LogP contribution in [0, 0.1) is 24.5 Å². The van der Waals surface area contributed by atoms with Crippen LogP contribution in [0.3, 0.4) is 0 Å². The van der Waals surface area contributed by atoms with Gasteiger partial charge in [0.15, 0.2) is 6.10 Å². The number of nitrogens with one attached hydrogen (secondary N) is 1. The van der Waals surface area contributed by atoms with E-state index in [1.807, 2.05) is 31.4 Å². The molecule has 2 aromatic carbocycles. The predicted molar refractivity (Wildman–Crippen MR) is 92.5 cm³/mol. The maximum Gasteiger partial charge on any atom is 0.265 e. The average molecular weight is 326 g/mol. The van der Waals surface area contributed by atoms with Gasteiger partial charge in [-0.05, 0) is 80.1 Å². The Morgan fingerprint density at radius 3 is 2.35 bits per heavy atom. The largest absolute Gasteiger partial charge is 0.481 e. The number of amides is 1. The highest BCUT2D eigenvalue weighted by molar-refractivity contribution is 8.03. The van der Waals surface area contributed by atoms with E-state index < -0.39 is 6.10 Å². The van der Waals surface area contributed by atoms with Crippen LogP contribution in [0.15, 0.2) is 47.4 Å². The fourth-order valence-corrected chi connectivity index (χ4v) is 2.54. The predicted octanol–water partition coefficient (Wildman–Crippen LogP) is 4.28. The summed E-state index contributed by atoms with van der Waals surface area (Å²) in [5, 5.41) is 13.4. The topological polar surface area (TPSA) is 62.1 Å². The molecule has 0 aliphatic carbocycles. The van der Waals surface area contributed by atoms with Gasteiger partial charge in [0.1, 0.15) is 11.2 Å².